The number of amides is 1. The summed E-state index contributed by atoms with van der Waals surface area (Å²) < 4.78 is 5.17. The Morgan fingerprint density at radius 3 is 2.94 bits per heavy atom. The number of carbonyl (C=O) groups is 1. The van der Waals surface area contributed by atoms with Crippen LogP contribution in [0.3, 0.4) is 0 Å². The summed E-state index contributed by atoms with van der Waals surface area (Å²) in [6, 6.07) is 5.24. The fourth-order valence-electron chi connectivity index (χ4n) is 2.01. The smallest absolute Gasteiger partial charge is 0.259 e. The van der Waals surface area contributed by atoms with Crippen molar-refractivity contribution >= 4 is 17.5 Å². The Kier molecular flexibility index (Phi) is 3.54. The van der Waals surface area contributed by atoms with Crippen molar-refractivity contribution in [2.45, 2.75) is 12.5 Å². The Labute approximate surface area is 105 Å². The minimum Gasteiger partial charge on any atom is -0.496 e. The molecule has 1 unspecified atom stereocenters. The van der Waals surface area contributed by atoms with Crippen LogP contribution in [-0.4, -0.2) is 37.0 Å². The lowest BCUT2D eigenvalue weighted by atomic mass is 10.1. The normalized spacial score (nSPS) is 19.5. The van der Waals surface area contributed by atoms with Crippen LogP contribution < -0.4 is 10.5 Å². The van der Waals surface area contributed by atoms with Gasteiger partial charge in [-0.25, -0.2) is 0 Å². The molecule has 2 N–H and O–H groups in total. The second-order valence-corrected chi connectivity index (χ2v) is 4.52. The zero-order chi connectivity index (χ0) is 12.4. The van der Waals surface area contributed by atoms with E-state index in [-0.39, 0.29) is 11.9 Å². The molecule has 5 heteroatoms. The molecule has 1 saturated heterocycles. The third kappa shape index (κ3) is 2.37. The zero-order valence-corrected chi connectivity index (χ0v) is 10.4. The number of likely N-dealkylation sites (tertiary alicyclic amines) is 1. The van der Waals surface area contributed by atoms with E-state index in [1.807, 2.05) is 0 Å². The lowest BCUT2D eigenvalue weighted by Crippen LogP contribution is -2.32. The third-order valence-electron chi connectivity index (χ3n) is 2.92. The average molecular weight is 255 g/mol. The lowest BCUT2D eigenvalue weighted by molar-refractivity contribution is 0.0787. The molecule has 0 saturated carbocycles. The number of ether oxygens (including phenoxy) is 1. The predicted octanol–water partition coefficient (Wildman–Crippen LogP) is 1.52. The summed E-state index contributed by atoms with van der Waals surface area (Å²) in [6.45, 7) is 1.25. The van der Waals surface area contributed by atoms with Crippen LogP contribution in [0, 0.1) is 0 Å². The molecule has 92 valence electrons. The monoisotopic (exact) mass is 254 g/mol. The molecular formula is C12H15ClN2O2. The van der Waals surface area contributed by atoms with E-state index in [1.54, 1.807) is 23.1 Å². The molecule has 0 spiro atoms. The molecule has 1 fully saturated rings. The number of nitrogens with zero attached hydrogens (tertiary/aromatic N) is 1. The van der Waals surface area contributed by atoms with E-state index in [0.29, 0.717) is 29.4 Å². The Bertz CT molecular complexity index is 437. The van der Waals surface area contributed by atoms with Gasteiger partial charge in [0.2, 0.25) is 0 Å². The molecule has 0 aliphatic carbocycles. The summed E-state index contributed by atoms with van der Waals surface area (Å²) in [4.78, 5) is 14.0. The number of carbonyl (C=O) groups excluding carboxylic acids is 1. The first-order chi connectivity index (χ1) is 8.13. The fourth-order valence-corrected chi connectivity index (χ4v) is 2.26. The fraction of sp³-hybridized carbons (Fsp3) is 0.417. The molecule has 17 heavy (non-hydrogen) atoms. The predicted molar refractivity (Wildman–Crippen MR) is 66.5 cm³/mol. The van der Waals surface area contributed by atoms with Crippen molar-refractivity contribution in [1.29, 1.82) is 0 Å². The highest BCUT2D eigenvalue weighted by Gasteiger charge is 2.27. The summed E-state index contributed by atoms with van der Waals surface area (Å²) in [6.07, 6.45) is 0.832. The molecule has 0 radical (unpaired) electrons. The molecule has 1 aromatic rings. The zero-order valence-electron chi connectivity index (χ0n) is 9.65. The lowest BCUT2D eigenvalue weighted by Gasteiger charge is -2.18. The minimum absolute atomic E-state index is 0.0624. The highest BCUT2D eigenvalue weighted by Crippen LogP contribution is 2.28. The van der Waals surface area contributed by atoms with Crippen LogP contribution in [0.4, 0.5) is 0 Å². The van der Waals surface area contributed by atoms with Gasteiger partial charge >= 0.3 is 0 Å². The van der Waals surface area contributed by atoms with Gasteiger partial charge in [-0.15, -0.1) is 0 Å². The van der Waals surface area contributed by atoms with Gasteiger partial charge in [0.05, 0.1) is 12.1 Å². The largest absolute Gasteiger partial charge is 0.496 e. The quantitative estimate of drug-likeness (QED) is 0.871. The van der Waals surface area contributed by atoms with Crippen LogP contribution in [0.5, 0.6) is 5.75 Å². The molecule has 0 bridgehead atoms. The number of hydrogen-bond acceptors (Lipinski definition) is 3. The summed E-state index contributed by atoms with van der Waals surface area (Å²) in [5.41, 5.74) is 6.21. The average Bonchev–Trinajstić information content (AvgIpc) is 2.74. The van der Waals surface area contributed by atoms with Gasteiger partial charge in [0, 0.05) is 19.1 Å². The van der Waals surface area contributed by atoms with Crippen LogP contribution in [0.2, 0.25) is 5.02 Å². The van der Waals surface area contributed by atoms with Crippen LogP contribution in [0.1, 0.15) is 16.8 Å². The van der Waals surface area contributed by atoms with Crippen LogP contribution in [0.15, 0.2) is 18.2 Å². The van der Waals surface area contributed by atoms with Crippen molar-refractivity contribution in [1.82, 2.24) is 4.90 Å². The van der Waals surface area contributed by atoms with Crippen molar-refractivity contribution in [3.05, 3.63) is 28.8 Å². The first-order valence-electron chi connectivity index (χ1n) is 5.51. The van der Waals surface area contributed by atoms with E-state index >= 15 is 0 Å². The van der Waals surface area contributed by atoms with Gasteiger partial charge in [-0.05, 0) is 18.6 Å². The minimum atomic E-state index is -0.111. The van der Waals surface area contributed by atoms with Crippen LogP contribution in [-0.2, 0) is 0 Å². The first kappa shape index (κ1) is 12.2. The standard InChI is InChI=1S/C12H15ClN2O2/c1-17-10-4-2-3-9(13)11(10)12(16)15-6-5-8(14)7-15/h2-4,8H,5-7,14H2,1H3. The van der Waals surface area contributed by atoms with E-state index in [2.05, 4.69) is 0 Å². The molecule has 1 aromatic carbocycles. The van der Waals surface area contributed by atoms with E-state index in [4.69, 9.17) is 22.1 Å². The second-order valence-electron chi connectivity index (χ2n) is 4.12. The molecular weight excluding hydrogens is 240 g/mol. The van der Waals surface area contributed by atoms with Gasteiger partial charge in [0.15, 0.2) is 0 Å². The number of halogens is 1. The number of rotatable bonds is 2. The highest BCUT2D eigenvalue weighted by molar-refractivity contribution is 6.34. The summed E-state index contributed by atoms with van der Waals surface area (Å²) >= 11 is 6.06. The highest BCUT2D eigenvalue weighted by atomic mass is 35.5. The molecule has 1 aliphatic heterocycles. The summed E-state index contributed by atoms with van der Waals surface area (Å²) in [5, 5.41) is 0.412. The van der Waals surface area contributed by atoms with Crippen LogP contribution in [0.25, 0.3) is 0 Å². The van der Waals surface area contributed by atoms with Crippen LogP contribution >= 0.6 is 11.6 Å². The third-order valence-corrected chi connectivity index (χ3v) is 3.24. The van der Waals surface area contributed by atoms with Crippen molar-refractivity contribution in [3.63, 3.8) is 0 Å². The first-order valence-corrected chi connectivity index (χ1v) is 5.88. The van der Waals surface area contributed by atoms with Crippen molar-refractivity contribution in [3.8, 4) is 5.75 Å². The topological polar surface area (TPSA) is 55.6 Å². The Balaban J connectivity index is 2.30. The van der Waals surface area contributed by atoms with Gasteiger partial charge in [-0.1, -0.05) is 17.7 Å². The number of methoxy groups -OCH3 is 1. The number of benzene rings is 1. The molecule has 1 heterocycles. The Morgan fingerprint density at radius 1 is 1.59 bits per heavy atom. The summed E-state index contributed by atoms with van der Waals surface area (Å²) in [7, 11) is 1.53. The van der Waals surface area contributed by atoms with Gasteiger partial charge in [0.1, 0.15) is 11.3 Å². The Hall–Kier alpha value is -1.26. The second kappa shape index (κ2) is 4.94. The van der Waals surface area contributed by atoms with E-state index < -0.39 is 0 Å². The number of nitrogens with two attached hydrogens (primary N) is 1. The van der Waals surface area contributed by atoms with Crippen molar-refractivity contribution in [2.24, 2.45) is 5.73 Å². The van der Waals surface area contributed by atoms with E-state index in [0.717, 1.165) is 6.42 Å². The maximum Gasteiger partial charge on any atom is 0.259 e. The molecule has 1 atom stereocenters. The molecule has 4 nitrogen and oxygen atoms in total. The van der Waals surface area contributed by atoms with Gasteiger partial charge in [0.25, 0.3) is 5.91 Å². The summed E-state index contributed by atoms with van der Waals surface area (Å²) in [5.74, 6) is 0.392. The van der Waals surface area contributed by atoms with Gasteiger partial charge in [-0.2, -0.15) is 0 Å². The van der Waals surface area contributed by atoms with E-state index in [9.17, 15) is 4.79 Å². The van der Waals surface area contributed by atoms with E-state index in [1.165, 1.54) is 7.11 Å². The molecule has 2 rings (SSSR count). The van der Waals surface area contributed by atoms with Gasteiger partial charge in [-0.3, -0.25) is 4.79 Å². The maximum atomic E-state index is 12.3. The van der Waals surface area contributed by atoms with Crippen molar-refractivity contribution in [2.75, 3.05) is 20.2 Å². The Morgan fingerprint density at radius 2 is 2.35 bits per heavy atom. The van der Waals surface area contributed by atoms with Gasteiger partial charge < -0.3 is 15.4 Å². The molecule has 1 amide bonds. The maximum absolute atomic E-state index is 12.3. The molecule has 1 aliphatic rings. The number of hydrogen-bond donors (Lipinski definition) is 1. The molecule has 0 aromatic heterocycles. The SMILES string of the molecule is COc1cccc(Cl)c1C(=O)N1CCC(N)C1. The van der Waals surface area contributed by atoms with Crippen molar-refractivity contribution < 1.29 is 9.53 Å².